The third kappa shape index (κ3) is 2.63. The van der Waals surface area contributed by atoms with Crippen LogP contribution in [0.2, 0.25) is 0 Å². The minimum absolute atomic E-state index is 0.145. The summed E-state index contributed by atoms with van der Waals surface area (Å²) >= 11 is 0. The van der Waals surface area contributed by atoms with Crippen LogP contribution in [0.1, 0.15) is 24.7 Å². The molecule has 120 valence electrons. The Labute approximate surface area is 135 Å². The van der Waals surface area contributed by atoms with Crippen LogP contribution in [-0.2, 0) is 24.2 Å². The SMILES string of the molecule is CC1Cc2ccccc2N1C(=O)CNC1CCc2ncnn2C1. The largest absolute Gasteiger partial charge is 0.308 e. The fraction of sp³-hybridized carbons (Fsp3) is 0.471. The highest BCUT2D eigenvalue weighted by molar-refractivity contribution is 5.97. The summed E-state index contributed by atoms with van der Waals surface area (Å²) in [6.07, 6.45) is 4.45. The lowest BCUT2D eigenvalue weighted by atomic mass is 10.1. The van der Waals surface area contributed by atoms with Gasteiger partial charge in [0.1, 0.15) is 12.2 Å². The number of benzene rings is 1. The Morgan fingerprint density at radius 1 is 1.39 bits per heavy atom. The van der Waals surface area contributed by atoms with Gasteiger partial charge in [-0.2, -0.15) is 5.10 Å². The number of aryl methyl sites for hydroxylation is 1. The molecule has 2 aliphatic heterocycles. The van der Waals surface area contributed by atoms with Gasteiger partial charge in [0.15, 0.2) is 0 Å². The zero-order valence-corrected chi connectivity index (χ0v) is 13.3. The van der Waals surface area contributed by atoms with Crippen LogP contribution in [0.15, 0.2) is 30.6 Å². The Kier molecular flexibility index (Phi) is 3.61. The molecule has 1 amide bonds. The van der Waals surface area contributed by atoms with Crippen LogP contribution in [0.4, 0.5) is 5.69 Å². The molecule has 4 rings (SSSR count). The maximum absolute atomic E-state index is 12.7. The minimum atomic E-state index is 0.145. The summed E-state index contributed by atoms with van der Waals surface area (Å²) in [5.74, 6) is 1.18. The standard InChI is InChI=1S/C17H21N5O/c1-12-8-13-4-2-3-5-15(13)22(12)17(23)9-18-14-6-7-16-19-11-20-21(16)10-14/h2-5,11-12,14,18H,6-10H2,1H3. The van der Waals surface area contributed by atoms with E-state index in [1.807, 2.05) is 27.8 Å². The van der Waals surface area contributed by atoms with Gasteiger partial charge in [-0.1, -0.05) is 18.2 Å². The highest BCUT2D eigenvalue weighted by Gasteiger charge is 2.30. The third-order valence-corrected chi connectivity index (χ3v) is 4.82. The van der Waals surface area contributed by atoms with Crippen LogP contribution in [0.5, 0.6) is 0 Å². The number of hydrogen-bond donors (Lipinski definition) is 1. The number of fused-ring (bicyclic) bond motifs is 2. The van der Waals surface area contributed by atoms with Gasteiger partial charge in [-0.05, 0) is 31.4 Å². The normalized spacial score (nSPS) is 22.7. The molecule has 1 aromatic heterocycles. The van der Waals surface area contributed by atoms with Crippen molar-refractivity contribution in [2.75, 3.05) is 11.4 Å². The molecule has 0 fully saturated rings. The maximum atomic E-state index is 12.7. The topological polar surface area (TPSA) is 63.1 Å². The van der Waals surface area contributed by atoms with Crippen molar-refractivity contribution in [2.24, 2.45) is 0 Å². The van der Waals surface area contributed by atoms with Crippen molar-refractivity contribution in [3.8, 4) is 0 Å². The molecule has 3 heterocycles. The Hall–Kier alpha value is -2.21. The lowest BCUT2D eigenvalue weighted by Gasteiger charge is -2.26. The molecular formula is C17H21N5O. The summed E-state index contributed by atoms with van der Waals surface area (Å²) in [6.45, 7) is 3.27. The molecule has 23 heavy (non-hydrogen) atoms. The molecule has 2 aromatic rings. The van der Waals surface area contributed by atoms with Gasteiger partial charge >= 0.3 is 0 Å². The smallest absolute Gasteiger partial charge is 0.241 e. The third-order valence-electron chi connectivity index (χ3n) is 4.82. The van der Waals surface area contributed by atoms with Gasteiger partial charge in [0.25, 0.3) is 0 Å². The number of anilines is 1. The van der Waals surface area contributed by atoms with Gasteiger partial charge in [-0.25, -0.2) is 9.67 Å². The van der Waals surface area contributed by atoms with Crippen molar-refractivity contribution in [1.29, 1.82) is 0 Å². The number of carbonyl (C=O) groups excluding carboxylic acids is 1. The molecule has 2 aliphatic rings. The fourth-order valence-corrected chi connectivity index (χ4v) is 3.67. The molecule has 6 heteroatoms. The number of para-hydroxylation sites is 1. The van der Waals surface area contributed by atoms with E-state index >= 15 is 0 Å². The number of carbonyl (C=O) groups is 1. The quantitative estimate of drug-likeness (QED) is 0.924. The van der Waals surface area contributed by atoms with E-state index in [4.69, 9.17) is 0 Å². The molecule has 0 bridgehead atoms. The summed E-state index contributed by atoms with van der Waals surface area (Å²) < 4.78 is 1.93. The van der Waals surface area contributed by atoms with Gasteiger partial charge in [0, 0.05) is 24.2 Å². The molecule has 6 nitrogen and oxygen atoms in total. The van der Waals surface area contributed by atoms with Crippen molar-refractivity contribution in [2.45, 2.75) is 44.8 Å². The summed E-state index contributed by atoms with van der Waals surface area (Å²) in [7, 11) is 0. The van der Waals surface area contributed by atoms with Crippen molar-refractivity contribution < 1.29 is 4.79 Å². The predicted molar refractivity (Wildman–Crippen MR) is 87.2 cm³/mol. The second-order valence-electron chi connectivity index (χ2n) is 6.42. The first kappa shape index (κ1) is 14.4. The maximum Gasteiger partial charge on any atom is 0.241 e. The molecule has 0 spiro atoms. The van der Waals surface area contributed by atoms with Crippen LogP contribution in [0.3, 0.4) is 0 Å². The number of rotatable bonds is 3. The highest BCUT2D eigenvalue weighted by atomic mass is 16.2. The van der Waals surface area contributed by atoms with Crippen molar-refractivity contribution in [3.63, 3.8) is 0 Å². The van der Waals surface area contributed by atoms with E-state index < -0.39 is 0 Å². The number of nitrogens with zero attached hydrogens (tertiary/aromatic N) is 4. The number of aromatic nitrogens is 3. The monoisotopic (exact) mass is 311 g/mol. The van der Waals surface area contributed by atoms with Gasteiger partial charge in [0.2, 0.25) is 5.91 Å². The molecule has 0 aliphatic carbocycles. The first-order chi connectivity index (χ1) is 11.2. The Balaban J connectivity index is 1.39. The number of hydrogen-bond acceptors (Lipinski definition) is 4. The Morgan fingerprint density at radius 2 is 2.26 bits per heavy atom. The van der Waals surface area contributed by atoms with Crippen LogP contribution in [-0.4, -0.2) is 39.3 Å². The lowest BCUT2D eigenvalue weighted by molar-refractivity contribution is -0.118. The molecule has 2 atom stereocenters. The average molecular weight is 311 g/mol. The second kappa shape index (κ2) is 5.77. The molecule has 0 saturated carbocycles. The highest BCUT2D eigenvalue weighted by Crippen LogP contribution is 2.31. The summed E-state index contributed by atoms with van der Waals surface area (Å²) in [4.78, 5) is 18.9. The summed E-state index contributed by atoms with van der Waals surface area (Å²) in [6, 6.07) is 8.70. The fourth-order valence-electron chi connectivity index (χ4n) is 3.67. The average Bonchev–Trinajstić information content (AvgIpc) is 3.15. The molecular weight excluding hydrogens is 290 g/mol. The van der Waals surface area contributed by atoms with Gasteiger partial charge < -0.3 is 10.2 Å². The van der Waals surface area contributed by atoms with Gasteiger partial charge in [-0.15, -0.1) is 0 Å². The Bertz CT molecular complexity index is 725. The molecule has 0 saturated heterocycles. The van der Waals surface area contributed by atoms with E-state index in [1.54, 1.807) is 6.33 Å². The van der Waals surface area contributed by atoms with Crippen LogP contribution < -0.4 is 10.2 Å². The molecule has 2 unspecified atom stereocenters. The zero-order chi connectivity index (χ0) is 15.8. The van der Waals surface area contributed by atoms with E-state index in [2.05, 4.69) is 28.4 Å². The van der Waals surface area contributed by atoms with Gasteiger partial charge in [0.05, 0.1) is 13.1 Å². The lowest BCUT2D eigenvalue weighted by Crippen LogP contribution is -2.46. The van der Waals surface area contributed by atoms with Crippen LogP contribution >= 0.6 is 0 Å². The van der Waals surface area contributed by atoms with E-state index in [1.165, 1.54) is 5.56 Å². The minimum Gasteiger partial charge on any atom is -0.308 e. The molecule has 1 N–H and O–H groups in total. The zero-order valence-electron chi connectivity index (χ0n) is 13.3. The molecule has 1 aromatic carbocycles. The van der Waals surface area contributed by atoms with Crippen LogP contribution in [0.25, 0.3) is 0 Å². The predicted octanol–water partition coefficient (Wildman–Crippen LogP) is 1.16. The number of nitrogens with one attached hydrogen (secondary N) is 1. The van der Waals surface area contributed by atoms with E-state index in [-0.39, 0.29) is 18.0 Å². The Morgan fingerprint density at radius 3 is 3.17 bits per heavy atom. The first-order valence-electron chi connectivity index (χ1n) is 8.22. The van der Waals surface area contributed by atoms with E-state index in [0.29, 0.717) is 6.54 Å². The molecule has 0 radical (unpaired) electrons. The summed E-state index contributed by atoms with van der Waals surface area (Å²) in [5, 5.41) is 7.62. The van der Waals surface area contributed by atoms with Crippen molar-refractivity contribution >= 4 is 11.6 Å². The van der Waals surface area contributed by atoms with Crippen LogP contribution in [0, 0.1) is 0 Å². The van der Waals surface area contributed by atoms with E-state index in [9.17, 15) is 4.79 Å². The first-order valence-corrected chi connectivity index (χ1v) is 8.22. The summed E-state index contributed by atoms with van der Waals surface area (Å²) in [5.41, 5.74) is 2.33. The number of amides is 1. The van der Waals surface area contributed by atoms with Gasteiger partial charge in [-0.3, -0.25) is 4.79 Å². The van der Waals surface area contributed by atoms with Crippen molar-refractivity contribution in [1.82, 2.24) is 20.1 Å². The van der Waals surface area contributed by atoms with E-state index in [0.717, 1.165) is 37.3 Å². The second-order valence-corrected chi connectivity index (χ2v) is 6.42. The van der Waals surface area contributed by atoms with Crippen molar-refractivity contribution in [3.05, 3.63) is 42.0 Å².